The maximum atomic E-state index is 10.4. The van der Waals surface area contributed by atoms with Gasteiger partial charge in [-0.1, -0.05) is 25.4 Å². The maximum Gasteiger partial charge on any atom is 0.126 e. The minimum absolute atomic E-state index is 0.193. The molecule has 0 bridgehead atoms. The molecule has 0 saturated heterocycles. The van der Waals surface area contributed by atoms with Crippen LogP contribution in [0.5, 0.6) is 5.75 Å². The number of rotatable bonds is 3. The Morgan fingerprint density at radius 3 is 2.82 bits per heavy atom. The molecule has 3 heteroatoms. The highest BCUT2D eigenvalue weighted by molar-refractivity contribution is 6.30. The largest absolute Gasteiger partial charge is 0.493 e. The van der Waals surface area contributed by atoms with Gasteiger partial charge in [-0.3, -0.25) is 0 Å². The minimum Gasteiger partial charge on any atom is -0.493 e. The zero-order chi connectivity index (χ0) is 12.6. The van der Waals surface area contributed by atoms with E-state index in [1.54, 1.807) is 0 Å². The molecular formula is C14H19ClO2. The van der Waals surface area contributed by atoms with E-state index in [1.807, 2.05) is 32.9 Å². The third kappa shape index (κ3) is 2.58. The number of aliphatic hydroxyl groups is 1. The summed E-state index contributed by atoms with van der Waals surface area (Å²) in [6, 6.07) is 3.86. The lowest BCUT2D eigenvalue weighted by molar-refractivity contribution is 0.0135. The summed E-state index contributed by atoms with van der Waals surface area (Å²) in [6.07, 6.45) is 1.49. The summed E-state index contributed by atoms with van der Waals surface area (Å²) >= 11 is 6.10. The monoisotopic (exact) mass is 254 g/mol. The van der Waals surface area contributed by atoms with Crippen molar-refractivity contribution >= 4 is 11.6 Å². The molecule has 0 aliphatic carbocycles. The number of halogens is 1. The van der Waals surface area contributed by atoms with Crippen molar-refractivity contribution in [3.8, 4) is 5.75 Å². The molecular weight excluding hydrogens is 236 g/mol. The van der Waals surface area contributed by atoms with E-state index in [9.17, 15) is 5.11 Å². The van der Waals surface area contributed by atoms with Gasteiger partial charge in [0.15, 0.2) is 0 Å². The highest BCUT2D eigenvalue weighted by Crippen LogP contribution is 2.36. The lowest BCUT2D eigenvalue weighted by Crippen LogP contribution is -2.33. The molecule has 1 atom stereocenters. The summed E-state index contributed by atoms with van der Waals surface area (Å²) in [5.74, 6) is 1.12. The fraction of sp³-hybridized carbons (Fsp3) is 0.571. The van der Waals surface area contributed by atoms with Gasteiger partial charge in [0.05, 0.1) is 12.2 Å². The van der Waals surface area contributed by atoms with E-state index >= 15 is 0 Å². The number of ether oxygens (including phenoxy) is 1. The highest BCUT2D eigenvalue weighted by Gasteiger charge is 2.28. The minimum atomic E-state index is -0.732. The molecule has 1 heterocycles. The molecule has 0 radical (unpaired) electrons. The van der Waals surface area contributed by atoms with Gasteiger partial charge in [0.25, 0.3) is 0 Å². The van der Waals surface area contributed by atoms with Gasteiger partial charge in [-0.15, -0.1) is 0 Å². The highest BCUT2D eigenvalue weighted by atomic mass is 35.5. The van der Waals surface area contributed by atoms with Gasteiger partial charge in [-0.05, 0) is 36.1 Å². The average Bonchev–Trinajstić information content (AvgIpc) is 2.64. The summed E-state index contributed by atoms with van der Waals surface area (Å²) in [6.45, 7) is 6.61. The van der Waals surface area contributed by atoms with Crippen molar-refractivity contribution in [2.24, 2.45) is 5.92 Å². The van der Waals surface area contributed by atoms with Crippen LogP contribution >= 0.6 is 11.6 Å². The molecule has 17 heavy (non-hydrogen) atoms. The summed E-state index contributed by atoms with van der Waals surface area (Å²) in [4.78, 5) is 0. The Kier molecular flexibility index (Phi) is 3.37. The second-order valence-electron chi connectivity index (χ2n) is 5.34. The topological polar surface area (TPSA) is 29.5 Å². The Morgan fingerprint density at radius 2 is 2.18 bits per heavy atom. The molecule has 2 nitrogen and oxygen atoms in total. The lowest BCUT2D eigenvalue weighted by atomic mass is 9.85. The smallest absolute Gasteiger partial charge is 0.126 e. The van der Waals surface area contributed by atoms with E-state index in [-0.39, 0.29) is 5.92 Å². The van der Waals surface area contributed by atoms with Crippen molar-refractivity contribution in [2.45, 2.75) is 39.2 Å². The number of hydrogen-bond acceptors (Lipinski definition) is 2. The quantitative estimate of drug-likeness (QED) is 0.898. The van der Waals surface area contributed by atoms with Crippen molar-refractivity contribution in [1.82, 2.24) is 0 Å². The number of fused-ring (bicyclic) bond motifs is 1. The molecule has 1 unspecified atom stereocenters. The molecule has 0 spiro atoms. The van der Waals surface area contributed by atoms with E-state index in [4.69, 9.17) is 16.3 Å². The first-order valence-electron chi connectivity index (χ1n) is 6.06. The van der Waals surface area contributed by atoms with Gasteiger partial charge in [-0.25, -0.2) is 0 Å². The Hall–Kier alpha value is -0.730. The zero-order valence-electron chi connectivity index (χ0n) is 10.6. The third-order valence-corrected chi connectivity index (χ3v) is 3.84. The molecule has 2 rings (SSSR count). The van der Waals surface area contributed by atoms with Crippen molar-refractivity contribution in [2.75, 3.05) is 6.61 Å². The predicted molar refractivity (Wildman–Crippen MR) is 69.8 cm³/mol. The van der Waals surface area contributed by atoms with Crippen LogP contribution in [0.3, 0.4) is 0 Å². The van der Waals surface area contributed by atoms with Gasteiger partial charge >= 0.3 is 0 Å². The molecule has 0 aromatic heterocycles. The summed E-state index contributed by atoms with van der Waals surface area (Å²) < 4.78 is 5.64. The van der Waals surface area contributed by atoms with E-state index < -0.39 is 5.60 Å². The van der Waals surface area contributed by atoms with Crippen LogP contribution in [-0.4, -0.2) is 17.3 Å². The third-order valence-electron chi connectivity index (χ3n) is 3.62. The SMILES string of the molecule is CC(C)C(C)(O)Cc1cc(Cl)cc2c1OCC2. The normalized spacial score (nSPS) is 17.8. The molecule has 0 saturated carbocycles. The average molecular weight is 255 g/mol. The molecule has 0 fully saturated rings. The summed E-state index contributed by atoms with van der Waals surface area (Å²) in [5, 5.41) is 11.1. The number of hydrogen-bond donors (Lipinski definition) is 1. The maximum absolute atomic E-state index is 10.4. The molecule has 1 aliphatic rings. The fourth-order valence-corrected chi connectivity index (χ4v) is 2.33. The van der Waals surface area contributed by atoms with Crippen molar-refractivity contribution in [1.29, 1.82) is 0 Å². The Morgan fingerprint density at radius 1 is 1.47 bits per heavy atom. The molecule has 1 aromatic rings. The molecule has 1 aromatic carbocycles. The van der Waals surface area contributed by atoms with Crippen LogP contribution in [0.1, 0.15) is 31.9 Å². The van der Waals surface area contributed by atoms with E-state index in [2.05, 4.69) is 0 Å². The van der Waals surface area contributed by atoms with Crippen molar-refractivity contribution in [3.05, 3.63) is 28.3 Å². The van der Waals surface area contributed by atoms with Crippen molar-refractivity contribution in [3.63, 3.8) is 0 Å². The second-order valence-corrected chi connectivity index (χ2v) is 5.78. The van der Waals surface area contributed by atoms with Crippen LogP contribution in [0, 0.1) is 5.92 Å². The molecule has 1 N–H and O–H groups in total. The Labute approximate surface area is 108 Å². The first-order valence-corrected chi connectivity index (χ1v) is 6.44. The van der Waals surface area contributed by atoms with E-state index in [0.29, 0.717) is 13.0 Å². The predicted octanol–water partition coefficient (Wildman–Crippen LogP) is 3.22. The Bertz CT molecular complexity index is 424. The second kappa shape index (κ2) is 4.51. The van der Waals surface area contributed by atoms with Gasteiger partial charge < -0.3 is 9.84 Å². The van der Waals surface area contributed by atoms with E-state index in [0.717, 1.165) is 28.3 Å². The molecule has 1 aliphatic heterocycles. The van der Waals surface area contributed by atoms with Crippen LogP contribution in [0.2, 0.25) is 5.02 Å². The first kappa shape index (κ1) is 12.7. The lowest BCUT2D eigenvalue weighted by Gasteiger charge is -2.28. The van der Waals surface area contributed by atoms with Crippen LogP contribution in [-0.2, 0) is 12.8 Å². The summed E-state index contributed by atoms with van der Waals surface area (Å²) in [7, 11) is 0. The number of benzene rings is 1. The van der Waals surface area contributed by atoms with Crippen molar-refractivity contribution < 1.29 is 9.84 Å². The van der Waals surface area contributed by atoms with E-state index in [1.165, 1.54) is 0 Å². The molecule has 94 valence electrons. The summed E-state index contributed by atoms with van der Waals surface area (Å²) in [5.41, 5.74) is 1.44. The Balaban J connectivity index is 2.33. The standard InChI is InChI=1S/C14H19ClO2/c1-9(2)14(3,16)8-11-7-12(15)6-10-4-5-17-13(10)11/h6-7,9,16H,4-5,8H2,1-3H3. The van der Waals surface area contributed by atoms with Gasteiger partial charge in [-0.2, -0.15) is 0 Å². The first-order chi connectivity index (χ1) is 7.90. The fourth-order valence-electron chi connectivity index (χ4n) is 2.07. The van der Waals surface area contributed by atoms with Crippen LogP contribution in [0.25, 0.3) is 0 Å². The van der Waals surface area contributed by atoms with Gasteiger partial charge in [0.1, 0.15) is 5.75 Å². The van der Waals surface area contributed by atoms with Gasteiger partial charge in [0, 0.05) is 17.9 Å². The zero-order valence-corrected chi connectivity index (χ0v) is 11.3. The van der Waals surface area contributed by atoms with Crippen LogP contribution in [0.4, 0.5) is 0 Å². The van der Waals surface area contributed by atoms with Crippen LogP contribution in [0.15, 0.2) is 12.1 Å². The van der Waals surface area contributed by atoms with Crippen LogP contribution < -0.4 is 4.74 Å². The molecule has 0 amide bonds. The van der Waals surface area contributed by atoms with Gasteiger partial charge in [0.2, 0.25) is 0 Å².